The molecule has 2 atom stereocenters. The molecular formula is C15H17BrFNO3. The SMILES string of the molecule is CC1CCN(C(=O)Cc2ccc(Br)c(F)c2)C(C(=O)O)C1. The Morgan fingerprint density at radius 2 is 2.19 bits per heavy atom. The van der Waals surface area contributed by atoms with Crippen molar-refractivity contribution in [2.75, 3.05) is 6.54 Å². The fraction of sp³-hybridized carbons (Fsp3) is 0.467. The molecular weight excluding hydrogens is 341 g/mol. The van der Waals surface area contributed by atoms with Crippen molar-refractivity contribution in [3.05, 3.63) is 34.1 Å². The molecule has 4 nitrogen and oxygen atoms in total. The number of carbonyl (C=O) groups is 2. The third-order valence-corrected chi connectivity index (χ3v) is 4.45. The number of likely N-dealkylation sites (tertiary alicyclic amines) is 1. The lowest BCUT2D eigenvalue weighted by atomic mass is 9.92. The molecule has 0 spiro atoms. The summed E-state index contributed by atoms with van der Waals surface area (Å²) in [6.07, 6.45) is 1.28. The zero-order valence-corrected chi connectivity index (χ0v) is 13.3. The molecule has 1 aliphatic rings. The quantitative estimate of drug-likeness (QED) is 0.904. The van der Waals surface area contributed by atoms with Crippen molar-refractivity contribution in [3.8, 4) is 0 Å². The molecule has 1 amide bonds. The van der Waals surface area contributed by atoms with E-state index in [0.29, 0.717) is 28.9 Å². The monoisotopic (exact) mass is 357 g/mol. The number of halogens is 2. The number of rotatable bonds is 3. The Morgan fingerprint density at radius 3 is 2.81 bits per heavy atom. The molecule has 2 unspecified atom stereocenters. The second-order valence-corrected chi connectivity index (χ2v) is 6.35. The molecule has 1 fully saturated rings. The fourth-order valence-electron chi connectivity index (χ4n) is 2.60. The van der Waals surface area contributed by atoms with Crippen LogP contribution in [0.2, 0.25) is 0 Å². The summed E-state index contributed by atoms with van der Waals surface area (Å²) in [6.45, 7) is 2.43. The summed E-state index contributed by atoms with van der Waals surface area (Å²) in [7, 11) is 0. The molecule has 114 valence electrons. The minimum Gasteiger partial charge on any atom is -0.480 e. The van der Waals surface area contributed by atoms with Gasteiger partial charge in [0.05, 0.1) is 10.9 Å². The van der Waals surface area contributed by atoms with E-state index in [9.17, 15) is 19.1 Å². The van der Waals surface area contributed by atoms with Crippen LogP contribution in [0.3, 0.4) is 0 Å². The van der Waals surface area contributed by atoms with Crippen molar-refractivity contribution in [1.82, 2.24) is 4.90 Å². The molecule has 1 saturated heterocycles. The molecule has 1 N–H and O–H groups in total. The van der Waals surface area contributed by atoms with Gasteiger partial charge in [0.1, 0.15) is 11.9 Å². The van der Waals surface area contributed by atoms with E-state index in [0.717, 1.165) is 6.42 Å². The highest BCUT2D eigenvalue weighted by Gasteiger charge is 2.34. The van der Waals surface area contributed by atoms with Crippen LogP contribution in [-0.4, -0.2) is 34.5 Å². The number of benzene rings is 1. The number of aliphatic carboxylic acids is 1. The van der Waals surface area contributed by atoms with Gasteiger partial charge in [0.15, 0.2) is 0 Å². The van der Waals surface area contributed by atoms with Crippen molar-refractivity contribution >= 4 is 27.8 Å². The van der Waals surface area contributed by atoms with Gasteiger partial charge < -0.3 is 10.0 Å². The van der Waals surface area contributed by atoms with Crippen LogP contribution in [0, 0.1) is 11.7 Å². The summed E-state index contributed by atoms with van der Waals surface area (Å²) in [5.74, 6) is -1.38. The topological polar surface area (TPSA) is 57.6 Å². The normalized spacial score (nSPS) is 22.1. The Kier molecular flexibility index (Phi) is 4.98. The van der Waals surface area contributed by atoms with Gasteiger partial charge in [0, 0.05) is 6.54 Å². The van der Waals surface area contributed by atoms with Gasteiger partial charge in [-0.15, -0.1) is 0 Å². The van der Waals surface area contributed by atoms with Crippen molar-refractivity contribution < 1.29 is 19.1 Å². The van der Waals surface area contributed by atoms with Gasteiger partial charge in [0.2, 0.25) is 5.91 Å². The zero-order valence-electron chi connectivity index (χ0n) is 11.7. The lowest BCUT2D eigenvalue weighted by Gasteiger charge is -2.36. The minimum atomic E-state index is -0.975. The van der Waals surface area contributed by atoms with Crippen LogP contribution in [0.5, 0.6) is 0 Å². The zero-order chi connectivity index (χ0) is 15.6. The van der Waals surface area contributed by atoms with E-state index >= 15 is 0 Å². The van der Waals surface area contributed by atoms with Crippen molar-refractivity contribution in [2.24, 2.45) is 5.92 Å². The Labute approximate surface area is 131 Å². The van der Waals surface area contributed by atoms with Gasteiger partial charge in [-0.25, -0.2) is 9.18 Å². The maximum Gasteiger partial charge on any atom is 0.326 e. The van der Waals surface area contributed by atoms with Crippen molar-refractivity contribution in [2.45, 2.75) is 32.2 Å². The molecule has 6 heteroatoms. The van der Waals surface area contributed by atoms with Crippen LogP contribution in [0.4, 0.5) is 4.39 Å². The average molecular weight is 358 g/mol. The first kappa shape index (κ1) is 15.9. The molecule has 0 bridgehead atoms. The van der Waals surface area contributed by atoms with E-state index in [1.54, 1.807) is 12.1 Å². The van der Waals surface area contributed by atoms with Gasteiger partial charge in [0.25, 0.3) is 0 Å². The lowest BCUT2D eigenvalue weighted by Crippen LogP contribution is -2.50. The standard InChI is InChI=1S/C15H17BrFNO3/c1-9-4-5-18(13(6-9)15(20)21)14(19)8-10-2-3-11(16)12(17)7-10/h2-3,7,9,13H,4-6,8H2,1H3,(H,20,21). The van der Waals surface area contributed by atoms with Gasteiger partial charge in [-0.2, -0.15) is 0 Å². The highest BCUT2D eigenvalue weighted by Crippen LogP contribution is 2.24. The molecule has 1 aliphatic heterocycles. The molecule has 0 aliphatic carbocycles. The van der Waals surface area contributed by atoms with Gasteiger partial charge in [-0.1, -0.05) is 13.0 Å². The number of hydrogen-bond donors (Lipinski definition) is 1. The van der Waals surface area contributed by atoms with Crippen LogP contribution in [-0.2, 0) is 16.0 Å². The summed E-state index contributed by atoms with van der Waals surface area (Å²) in [4.78, 5) is 25.0. The number of carbonyl (C=O) groups excluding carboxylic acids is 1. The second kappa shape index (κ2) is 6.56. The highest BCUT2D eigenvalue weighted by molar-refractivity contribution is 9.10. The molecule has 0 radical (unpaired) electrons. The van der Waals surface area contributed by atoms with E-state index in [1.165, 1.54) is 11.0 Å². The van der Waals surface area contributed by atoms with Gasteiger partial charge in [-0.3, -0.25) is 4.79 Å². The third kappa shape index (κ3) is 3.81. The van der Waals surface area contributed by atoms with E-state index in [1.807, 2.05) is 6.92 Å². The number of piperidine rings is 1. The second-order valence-electron chi connectivity index (χ2n) is 5.50. The Morgan fingerprint density at radius 1 is 1.48 bits per heavy atom. The average Bonchev–Trinajstić information content (AvgIpc) is 2.42. The van der Waals surface area contributed by atoms with Crippen LogP contribution < -0.4 is 0 Å². The number of carboxylic acid groups (broad SMARTS) is 1. The third-order valence-electron chi connectivity index (χ3n) is 3.81. The van der Waals surface area contributed by atoms with Crippen LogP contribution in [0.25, 0.3) is 0 Å². The first-order valence-electron chi connectivity index (χ1n) is 6.84. The Balaban J connectivity index is 2.10. The number of amides is 1. The predicted octanol–water partition coefficient (Wildman–Crippen LogP) is 2.84. The lowest BCUT2D eigenvalue weighted by molar-refractivity contribution is -0.152. The first-order valence-corrected chi connectivity index (χ1v) is 7.64. The van der Waals surface area contributed by atoms with E-state index in [-0.39, 0.29) is 12.3 Å². The minimum absolute atomic E-state index is 0.0162. The van der Waals surface area contributed by atoms with Crippen LogP contribution in [0.15, 0.2) is 22.7 Å². The van der Waals surface area contributed by atoms with Gasteiger partial charge >= 0.3 is 5.97 Å². The number of nitrogens with zero attached hydrogens (tertiary/aromatic N) is 1. The molecule has 0 aromatic heterocycles. The smallest absolute Gasteiger partial charge is 0.326 e. The van der Waals surface area contributed by atoms with Crippen molar-refractivity contribution in [1.29, 1.82) is 0 Å². The molecule has 1 heterocycles. The predicted molar refractivity (Wildman–Crippen MR) is 79.3 cm³/mol. The van der Waals surface area contributed by atoms with E-state index < -0.39 is 17.8 Å². The molecule has 1 aromatic rings. The maximum absolute atomic E-state index is 13.5. The Bertz CT molecular complexity index is 564. The molecule has 2 rings (SSSR count). The summed E-state index contributed by atoms with van der Waals surface area (Å²) in [6, 6.07) is 3.73. The van der Waals surface area contributed by atoms with Crippen LogP contribution >= 0.6 is 15.9 Å². The van der Waals surface area contributed by atoms with E-state index in [4.69, 9.17) is 0 Å². The summed E-state index contributed by atoms with van der Waals surface area (Å²) >= 11 is 3.06. The van der Waals surface area contributed by atoms with E-state index in [2.05, 4.69) is 15.9 Å². The summed E-state index contributed by atoms with van der Waals surface area (Å²) < 4.78 is 13.8. The summed E-state index contributed by atoms with van der Waals surface area (Å²) in [5.41, 5.74) is 0.545. The number of hydrogen-bond acceptors (Lipinski definition) is 2. The molecule has 1 aromatic carbocycles. The Hall–Kier alpha value is -1.43. The van der Waals surface area contributed by atoms with Crippen LogP contribution in [0.1, 0.15) is 25.3 Å². The highest BCUT2D eigenvalue weighted by atomic mass is 79.9. The first-order chi connectivity index (χ1) is 9.88. The summed E-state index contributed by atoms with van der Waals surface area (Å²) in [5, 5.41) is 9.26. The largest absolute Gasteiger partial charge is 0.480 e. The van der Waals surface area contributed by atoms with Crippen molar-refractivity contribution in [3.63, 3.8) is 0 Å². The maximum atomic E-state index is 13.5. The molecule has 21 heavy (non-hydrogen) atoms. The van der Waals surface area contributed by atoms with Gasteiger partial charge in [-0.05, 0) is 52.4 Å². The number of carboxylic acids is 1. The molecule has 0 saturated carbocycles. The fourth-order valence-corrected chi connectivity index (χ4v) is 2.85.